The number of hydrogen-bond donors (Lipinski definition) is 0. The van der Waals surface area contributed by atoms with Gasteiger partial charge in [0, 0.05) is 18.0 Å². The minimum absolute atomic E-state index is 0.736. The van der Waals surface area contributed by atoms with E-state index in [4.69, 9.17) is 0 Å². The molecule has 3 rings (SSSR count). The van der Waals surface area contributed by atoms with Crippen molar-refractivity contribution in [3.8, 4) is 17.2 Å². The van der Waals surface area contributed by atoms with Crippen molar-refractivity contribution >= 4 is 5.52 Å². The van der Waals surface area contributed by atoms with Crippen LogP contribution in [0.1, 0.15) is 11.1 Å². The number of pyridine rings is 1. The summed E-state index contributed by atoms with van der Waals surface area (Å²) in [6, 6.07) is 16.5. The second-order valence-electron chi connectivity index (χ2n) is 4.39. The van der Waals surface area contributed by atoms with E-state index in [-0.39, 0.29) is 0 Å². The first-order valence-corrected chi connectivity index (χ1v) is 5.86. The minimum Gasteiger partial charge on any atom is -0.322 e. The summed E-state index contributed by atoms with van der Waals surface area (Å²) >= 11 is 0. The summed E-state index contributed by atoms with van der Waals surface area (Å²) < 4.78 is 1.99. The SMILES string of the molecule is Cc1ccc(-c2cn3ccccc3c2C#N)cc1. The van der Waals surface area contributed by atoms with Crippen molar-refractivity contribution in [2.24, 2.45) is 0 Å². The molecule has 0 N–H and O–H groups in total. The molecule has 3 aromatic rings. The van der Waals surface area contributed by atoms with E-state index in [0.29, 0.717) is 0 Å². The summed E-state index contributed by atoms with van der Waals surface area (Å²) in [6.07, 6.45) is 3.98. The highest BCUT2D eigenvalue weighted by Gasteiger charge is 2.11. The van der Waals surface area contributed by atoms with Crippen LogP contribution >= 0.6 is 0 Å². The number of aromatic nitrogens is 1. The number of benzene rings is 1. The van der Waals surface area contributed by atoms with Crippen molar-refractivity contribution in [1.29, 1.82) is 5.26 Å². The van der Waals surface area contributed by atoms with E-state index in [1.807, 2.05) is 35.0 Å². The standard InChI is InChI=1S/C16H12N2/c1-12-5-7-13(8-6-12)15-11-18-9-3-2-4-16(18)14(15)10-17/h2-9,11H,1H3. The lowest BCUT2D eigenvalue weighted by molar-refractivity contribution is 1.20. The molecule has 0 radical (unpaired) electrons. The average molecular weight is 232 g/mol. The van der Waals surface area contributed by atoms with Crippen LogP contribution in [0.2, 0.25) is 0 Å². The van der Waals surface area contributed by atoms with Crippen molar-refractivity contribution < 1.29 is 0 Å². The zero-order chi connectivity index (χ0) is 12.5. The number of hydrogen-bond acceptors (Lipinski definition) is 1. The van der Waals surface area contributed by atoms with Gasteiger partial charge >= 0.3 is 0 Å². The molecule has 0 fully saturated rings. The van der Waals surface area contributed by atoms with Crippen molar-refractivity contribution in [2.45, 2.75) is 6.92 Å². The van der Waals surface area contributed by atoms with E-state index in [2.05, 4.69) is 37.3 Å². The summed E-state index contributed by atoms with van der Waals surface area (Å²) in [5, 5.41) is 9.36. The average Bonchev–Trinajstić information content (AvgIpc) is 2.78. The summed E-state index contributed by atoms with van der Waals surface area (Å²) in [7, 11) is 0. The Balaban J connectivity index is 2.29. The third-order valence-electron chi connectivity index (χ3n) is 3.16. The van der Waals surface area contributed by atoms with Gasteiger partial charge in [-0.25, -0.2) is 0 Å². The lowest BCUT2D eigenvalue weighted by Gasteiger charge is -1.99. The highest BCUT2D eigenvalue weighted by molar-refractivity contribution is 5.80. The summed E-state index contributed by atoms with van der Waals surface area (Å²) in [5.41, 5.74) is 4.99. The van der Waals surface area contributed by atoms with Crippen LogP contribution in [0.5, 0.6) is 0 Å². The Morgan fingerprint density at radius 1 is 1.06 bits per heavy atom. The van der Waals surface area contributed by atoms with E-state index in [1.165, 1.54) is 5.56 Å². The van der Waals surface area contributed by atoms with Crippen molar-refractivity contribution in [3.05, 3.63) is 66.0 Å². The highest BCUT2D eigenvalue weighted by Crippen LogP contribution is 2.28. The predicted octanol–water partition coefficient (Wildman–Crippen LogP) is 3.79. The molecule has 2 heterocycles. The number of rotatable bonds is 1. The van der Waals surface area contributed by atoms with Crippen molar-refractivity contribution in [3.63, 3.8) is 0 Å². The summed E-state index contributed by atoms with van der Waals surface area (Å²) in [6.45, 7) is 2.06. The van der Waals surface area contributed by atoms with E-state index >= 15 is 0 Å². The zero-order valence-electron chi connectivity index (χ0n) is 10.1. The molecular formula is C16H12N2. The molecule has 1 aromatic carbocycles. The Morgan fingerprint density at radius 2 is 1.83 bits per heavy atom. The lowest BCUT2D eigenvalue weighted by atomic mass is 10.0. The Kier molecular flexibility index (Phi) is 2.39. The molecule has 0 amide bonds. The van der Waals surface area contributed by atoms with Crippen LogP contribution in [0.4, 0.5) is 0 Å². The quantitative estimate of drug-likeness (QED) is 0.627. The molecule has 0 aliphatic carbocycles. The minimum atomic E-state index is 0.736. The lowest BCUT2D eigenvalue weighted by Crippen LogP contribution is -1.80. The second-order valence-corrected chi connectivity index (χ2v) is 4.39. The Labute approximate surface area is 106 Å². The molecule has 0 bridgehead atoms. The van der Waals surface area contributed by atoms with E-state index in [9.17, 15) is 5.26 Å². The van der Waals surface area contributed by atoms with Gasteiger partial charge in [-0.3, -0.25) is 0 Å². The maximum absolute atomic E-state index is 9.36. The molecule has 0 aliphatic rings. The molecule has 0 aliphatic heterocycles. The molecule has 2 aromatic heterocycles. The molecule has 18 heavy (non-hydrogen) atoms. The van der Waals surface area contributed by atoms with E-state index in [0.717, 1.165) is 22.2 Å². The van der Waals surface area contributed by atoms with E-state index < -0.39 is 0 Å². The fraction of sp³-hybridized carbons (Fsp3) is 0.0625. The molecule has 0 saturated carbocycles. The second kappa shape index (κ2) is 4.05. The third-order valence-corrected chi connectivity index (χ3v) is 3.16. The fourth-order valence-electron chi connectivity index (χ4n) is 2.19. The zero-order valence-corrected chi connectivity index (χ0v) is 10.1. The van der Waals surface area contributed by atoms with Gasteiger partial charge in [-0.1, -0.05) is 35.9 Å². The molecule has 0 unspecified atom stereocenters. The van der Waals surface area contributed by atoms with Crippen LogP contribution in [-0.2, 0) is 0 Å². The summed E-state index contributed by atoms with van der Waals surface area (Å²) in [5.74, 6) is 0. The maximum atomic E-state index is 9.36. The first-order chi connectivity index (χ1) is 8.79. The van der Waals surface area contributed by atoms with Crippen LogP contribution in [-0.4, -0.2) is 4.40 Å². The predicted molar refractivity (Wildman–Crippen MR) is 72.3 cm³/mol. The Morgan fingerprint density at radius 3 is 2.56 bits per heavy atom. The first-order valence-electron chi connectivity index (χ1n) is 5.86. The smallest absolute Gasteiger partial charge is 0.102 e. The largest absolute Gasteiger partial charge is 0.322 e. The van der Waals surface area contributed by atoms with Crippen LogP contribution in [0.15, 0.2) is 54.9 Å². The van der Waals surface area contributed by atoms with Crippen molar-refractivity contribution in [2.75, 3.05) is 0 Å². The molecule has 0 spiro atoms. The van der Waals surface area contributed by atoms with Crippen molar-refractivity contribution in [1.82, 2.24) is 4.40 Å². The van der Waals surface area contributed by atoms with E-state index in [1.54, 1.807) is 0 Å². The summed E-state index contributed by atoms with van der Waals surface area (Å²) in [4.78, 5) is 0. The monoisotopic (exact) mass is 232 g/mol. The van der Waals surface area contributed by atoms with Gasteiger partial charge in [0.1, 0.15) is 6.07 Å². The number of aryl methyl sites for hydroxylation is 1. The molecular weight excluding hydrogens is 220 g/mol. The van der Waals surface area contributed by atoms with Crippen LogP contribution < -0.4 is 0 Å². The molecule has 2 heteroatoms. The fourth-order valence-corrected chi connectivity index (χ4v) is 2.19. The van der Waals surface area contributed by atoms with Gasteiger partial charge in [-0.2, -0.15) is 5.26 Å². The Bertz CT molecular complexity index is 743. The highest BCUT2D eigenvalue weighted by atomic mass is 14.9. The van der Waals surface area contributed by atoms with Gasteiger partial charge in [0.05, 0.1) is 11.1 Å². The van der Waals surface area contributed by atoms with Gasteiger partial charge in [0.25, 0.3) is 0 Å². The number of fused-ring (bicyclic) bond motifs is 1. The van der Waals surface area contributed by atoms with Crippen LogP contribution in [0.3, 0.4) is 0 Å². The normalized spacial score (nSPS) is 10.4. The molecule has 2 nitrogen and oxygen atoms in total. The maximum Gasteiger partial charge on any atom is 0.102 e. The van der Waals surface area contributed by atoms with Gasteiger partial charge in [-0.05, 0) is 24.6 Å². The molecule has 0 atom stereocenters. The molecule has 0 saturated heterocycles. The van der Waals surface area contributed by atoms with Crippen LogP contribution in [0.25, 0.3) is 16.6 Å². The number of nitriles is 1. The van der Waals surface area contributed by atoms with Gasteiger partial charge < -0.3 is 4.40 Å². The topological polar surface area (TPSA) is 28.2 Å². The Hall–Kier alpha value is -2.53. The third kappa shape index (κ3) is 1.57. The van der Waals surface area contributed by atoms with Gasteiger partial charge in [0.2, 0.25) is 0 Å². The van der Waals surface area contributed by atoms with Gasteiger partial charge in [0.15, 0.2) is 0 Å². The van der Waals surface area contributed by atoms with Crippen LogP contribution in [0, 0.1) is 18.3 Å². The first kappa shape index (κ1) is 10.6. The van der Waals surface area contributed by atoms with Gasteiger partial charge in [-0.15, -0.1) is 0 Å². The number of nitrogens with zero attached hydrogens (tertiary/aromatic N) is 2. The molecule has 86 valence electrons.